The predicted octanol–water partition coefficient (Wildman–Crippen LogP) is 3.63. The van der Waals surface area contributed by atoms with Crippen LogP contribution in [0.2, 0.25) is 5.15 Å². The van der Waals surface area contributed by atoms with Crippen LogP contribution in [0.4, 0.5) is 0 Å². The third-order valence-corrected chi connectivity index (χ3v) is 4.04. The highest BCUT2D eigenvalue weighted by molar-refractivity contribution is 7.10. The Hall–Kier alpha value is -1.39. The van der Waals surface area contributed by atoms with Crippen LogP contribution in [0.15, 0.2) is 35.7 Å². The largest absolute Gasteiger partial charge is 0.333 e. The van der Waals surface area contributed by atoms with E-state index in [2.05, 4.69) is 4.98 Å². The van der Waals surface area contributed by atoms with E-state index in [9.17, 15) is 4.79 Å². The van der Waals surface area contributed by atoms with Crippen LogP contribution in [0.5, 0.6) is 0 Å². The third kappa shape index (κ3) is 2.71. The van der Waals surface area contributed by atoms with Crippen LogP contribution in [-0.4, -0.2) is 22.8 Å². The van der Waals surface area contributed by atoms with Crippen LogP contribution in [0.25, 0.3) is 0 Å². The summed E-state index contributed by atoms with van der Waals surface area (Å²) in [6.45, 7) is 1.99. The molecule has 5 heteroatoms. The molecule has 0 aliphatic rings. The standard InChI is InChI=1S/C13H13ClN2OS/c1-9(11-6-4-8-18-11)16(2)13(17)10-5-3-7-12(14)15-10/h3-9H,1-2H3. The molecule has 2 heterocycles. The van der Waals surface area contributed by atoms with E-state index < -0.39 is 0 Å². The number of carbonyl (C=O) groups is 1. The minimum absolute atomic E-state index is 0.0262. The molecule has 2 rings (SSSR count). The molecule has 0 spiro atoms. The number of aromatic nitrogens is 1. The summed E-state index contributed by atoms with van der Waals surface area (Å²) in [5.74, 6) is -0.126. The van der Waals surface area contributed by atoms with Gasteiger partial charge < -0.3 is 4.90 Å². The molecule has 3 nitrogen and oxygen atoms in total. The smallest absolute Gasteiger partial charge is 0.272 e. The Kier molecular flexibility index (Phi) is 3.99. The molecule has 0 aliphatic carbocycles. The van der Waals surface area contributed by atoms with E-state index in [-0.39, 0.29) is 11.9 Å². The number of halogens is 1. The van der Waals surface area contributed by atoms with Crippen LogP contribution in [0, 0.1) is 0 Å². The van der Waals surface area contributed by atoms with Crippen molar-refractivity contribution in [1.29, 1.82) is 0 Å². The van der Waals surface area contributed by atoms with Crippen molar-refractivity contribution in [2.24, 2.45) is 0 Å². The van der Waals surface area contributed by atoms with Gasteiger partial charge in [0.15, 0.2) is 0 Å². The molecule has 1 atom stereocenters. The van der Waals surface area contributed by atoms with Crippen LogP contribution in [0.3, 0.4) is 0 Å². The average Bonchev–Trinajstić information content (AvgIpc) is 2.90. The molecule has 0 bridgehead atoms. The minimum atomic E-state index is -0.126. The lowest BCUT2D eigenvalue weighted by Gasteiger charge is -2.23. The first-order valence-corrected chi connectivity index (χ1v) is 6.78. The third-order valence-electron chi connectivity index (χ3n) is 2.79. The maximum absolute atomic E-state index is 12.2. The number of hydrogen-bond donors (Lipinski definition) is 0. The Morgan fingerprint density at radius 3 is 2.78 bits per heavy atom. The number of pyridine rings is 1. The summed E-state index contributed by atoms with van der Waals surface area (Å²) >= 11 is 7.43. The fourth-order valence-electron chi connectivity index (χ4n) is 1.60. The zero-order chi connectivity index (χ0) is 13.1. The predicted molar refractivity (Wildman–Crippen MR) is 74.1 cm³/mol. The van der Waals surface area contributed by atoms with Crippen molar-refractivity contribution in [3.8, 4) is 0 Å². The second-order valence-corrected chi connectivity index (χ2v) is 5.32. The monoisotopic (exact) mass is 280 g/mol. The lowest BCUT2D eigenvalue weighted by Crippen LogP contribution is -2.29. The first-order chi connectivity index (χ1) is 8.59. The van der Waals surface area contributed by atoms with Gasteiger partial charge in [0.05, 0.1) is 6.04 Å². The second kappa shape index (κ2) is 5.50. The van der Waals surface area contributed by atoms with Gasteiger partial charge in [0.2, 0.25) is 0 Å². The molecular formula is C13H13ClN2OS. The Labute approximate surface area is 115 Å². The first-order valence-electron chi connectivity index (χ1n) is 5.52. The Morgan fingerprint density at radius 2 is 2.17 bits per heavy atom. The summed E-state index contributed by atoms with van der Waals surface area (Å²) in [6, 6.07) is 9.08. The van der Waals surface area contributed by atoms with Gasteiger partial charge in [0.1, 0.15) is 10.8 Å². The van der Waals surface area contributed by atoms with Crippen LogP contribution < -0.4 is 0 Å². The lowest BCUT2D eigenvalue weighted by atomic mass is 10.2. The summed E-state index contributed by atoms with van der Waals surface area (Å²) < 4.78 is 0. The maximum atomic E-state index is 12.2. The van der Waals surface area contributed by atoms with Crippen molar-refractivity contribution >= 4 is 28.8 Å². The lowest BCUT2D eigenvalue weighted by molar-refractivity contribution is 0.0739. The molecule has 0 fully saturated rings. The fraction of sp³-hybridized carbons (Fsp3) is 0.231. The molecule has 2 aromatic heterocycles. The highest BCUT2D eigenvalue weighted by Gasteiger charge is 2.20. The maximum Gasteiger partial charge on any atom is 0.272 e. The van der Waals surface area contributed by atoms with E-state index in [0.717, 1.165) is 4.88 Å². The highest BCUT2D eigenvalue weighted by Crippen LogP contribution is 2.24. The van der Waals surface area contributed by atoms with Gasteiger partial charge in [-0.2, -0.15) is 0 Å². The van der Waals surface area contributed by atoms with E-state index in [1.54, 1.807) is 41.5 Å². The molecular weight excluding hydrogens is 268 g/mol. The van der Waals surface area contributed by atoms with Gasteiger partial charge in [0, 0.05) is 11.9 Å². The van der Waals surface area contributed by atoms with Gasteiger partial charge in [-0.1, -0.05) is 23.7 Å². The minimum Gasteiger partial charge on any atom is -0.333 e. The van der Waals surface area contributed by atoms with Gasteiger partial charge in [0.25, 0.3) is 5.91 Å². The number of carbonyl (C=O) groups excluding carboxylic acids is 1. The molecule has 18 heavy (non-hydrogen) atoms. The van der Waals surface area contributed by atoms with E-state index >= 15 is 0 Å². The number of rotatable bonds is 3. The fourth-order valence-corrected chi connectivity index (χ4v) is 2.59. The molecule has 1 unspecified atom stereocenters. The van der Waals surface area contributed by atoms with Crippen molar-refractivity contribution in [2.75, 3.05) is 7.05 Å². The van der Waals surface area contributed by atoms with Crippen molar-refractivity contribution in [1.82, 2.24) is 9.88 Å². The van der Waals surface area contributed by atoms with E-state index in [0.29, 0.717) is 10.8 Å². The Morgan fingerprint density at radius 1 is 1.39 bits per heavy atom. The molecule has 0 aliphatic heterocycles. The molecule has 0 aromatic carbocycles. The van der Waals surface area contributed by atoms with Gasteiger partial charge >= 0.3 is 0 Å². The van der Waals surface area contributed by atoms with Crippen molar-refractivity contribution in [3.63, 3.8) is 0 Å². The summed E-state index contributed by atoms with van der Waals surface area (Å²) in [5, 5.41) is 2.33. The van der Waals surface area contributed by atoms with E-state index in [1.807, 2.05) is 24.4 Å². The van der Waals surface area contributed by atoms with Crippen molar-refractivity contribution in [2.45, 2.75) is 13.0 Å². The van der Waals surface area contributed by atoms with Crippen LogP contribution >= 0.6 is 22.9 Å². The average molecular weight is 281 g/mol. The summed E-state index contributed by atoms with van der Waals surface area (Å²) in [6.07, 6.45) is 0. The molecule has 0 saturated carbocycles. The Balaban J connectivity index is 2.19. The second-order valence-electron chi connectivity index (χ2n) is 3.95. The molecule has 0 N–H and O–H groups in total. The quantitative estimate of drug-likeness (QED) is 0.805. The number of amides is 1. The van der Waals surface area contributed by atoms with E-state index in [1.165, 1.54) is 0 Å². The van der Waals surface area contributed by atoms with E-state index in [4.69, 9.17) is 11.6 Å². The normalized spacial score (nSPS) is 12.2. The SMILES string of the molecule is CC(c1cccs1)N(C)C(=O)c1cccc(Cl)n1. The molecule has 0 saturated heterocycles. The zero-order valence-corrected chi connectivity index (χ0v) is 11.7. The number of nitrogens with zero attached hydrogens (tertiary/aromatic N) is 2. The Bertz CT molecular complexity index is 542. The highest BCUT2D eigenvalue weighted by atomic mass is 35.5. The number of thiophene rings is 1. The molecule has 0 radical (unpaired) electrons. The van der Waals surface area contributed by atoms with Gasteiger partial charge in [-0.15, -0.1) is 11.3 Å². The zero-order valence-electron chi connectivity index (χ0n) is 10.1. The summed E-state index contributed by atoms with van der Waals surface area (Å²) in [4.78, 5) is 19.1. The molecule has 2 aromatic rings. The summed E-state index contributed by atoms with van der Waals surface area (Å²) in [7, 11) is 1.77. The molecule has 1 amide bonds. The van der Waals surface area contributed by atoms with Crippen molar-refractivity contribution < 1.29 is 4.79 Å². The van der Waals surface area contributed by atoms with Crippen molar-refractivity contribution in [3.05, 3.63) is 51.4 Å². The van der Waals surface area contributed by atoms with Crippen LogP contribution in [-0.2, 0) is 0 Å². The summed E-state index contributed by atoms with van der Waals surface area (Å²) in [5.41, 5.74) is 0.369. The first kappa shape index (κ1) is 13.1. The topological polar surface area (TPSA) is 33.2 Å². The molecule has 94 valence electrons. The van der Waals surface area contributed by atoms with Gasteiger partial charge in [-0.25, -0.2) is 4.98 Å². The number of hydrogen-bond acceptors (Lipinski definition) is 3. The van der Waals surface area contributed by atoms with Gasteiger partial charge in [-0.3, -0.25) is 4.79 Å². The van der Waals surface area contributed by atoms with Crippen LogP contribution in [0.1, 0.15) is 28.3 Å². The van der Waals surface area contributed by atoms with Gasteiger partial charge in [-0.05, 0) is 30.5 Å².